The van der Waals surface area contributed by atoms with Crippen LogP contribution in [0.2, 0.25) is 0 Å². The molecule has 98 valence electrons. The van der Waals surface area contributed by atoms with Crippen LogP contribution in [0.25, 0.3) is 0 Å². The lowest BCUT2D eigenvalue weighted by molar-refractivity contribution is 0.0890. The van der Waals surface area contributed by atoms with Gasteiger partial charge in [-0.2, -0.15) is 0 Å². The lowest BCUT2D eigenvalue weighted by Gasteiger charge is -2.05. The number of carbonyl (C=O) groups is 2. The first-order valence-electron chi connectivity index (χ1n) is 5.51. The van der Waals surface area contributed by atoms with E-state index >= 15 is 0 Å². The Morgan fingerprint density at radius 1 is 0.632 bits per heavy atom. The van der Waals surface area contributed by atoms with Gasteiger partial charge in [0.25, 0.3) is 0 Å². The van der Waals surface area contributed by atoms with Gasteiger partial charge in [0.15, 0.2) is 11.6 Å². The van der Waals surface area contributed by atoms with Crippen LogP contribution in [0.15, 0.2) is 54.6 Å². The van der Waals surface area contributed by atoms with Gasteiger partial charge in [-0.25, -0.2) is 0 Å². The van der Waals surface area contributed by atoms with E-state index < -0.39 is 5.92 Å². The van der Waals surface area contributed by atoms with Crippen molar-refractivity contribution in [3.05, 3.63) is 71.3 Å². The Hall–Kier alpha value is -2.30. The van der Waals surface area contributed by atoms with Crippen molar-refractivity contribution in [3.63, 3.8) is 0 Å². The Morgan fingerprint density at radius 2 is 1.05 bits per heavy atom. The molecular weight excluding hydrogens is 240 g/mol. The van der Waals surface area contributed by atoms with Gasteiger partial charge in [0, 0.05) is 11.1 Å². The molecule has 0 unspecified atom stereocenters. The Bertz CT molecular complexity index is 574. The first-order valence-corrected chi connectivity index (χ1v) is 5.51. The third-order valence-electron chi connectivity index (χ3n) is 3.12. The van der Waals surface area contributed by atoms with Gasteiger partial charge in [0.05, 0.1) is 0 Å². The molecule has 0 amide bonds. The normalized spacial score (nSPS) is 13.5. The highest BCUT2D eigenvalue weighted by atomic mass is 16.2. The molecule has 4 nitrogen and oxygen atoms in total. The summed E-state index contributed by atoms with van der Waals surface area (Å²) in [7, 11) is 0. The summed E-state index contributed by atoms with van der Waals surface area (Å²) >= 11 is 0. The average Bonchev–Trinajstić information content (AvgIpc) is 2.64. The Kier molecular flexibility index (Phi) is 4.32. The third kappa shape index (κ3) is 2.19. The smallest absolute Gasteiger partial charge is 0.178 e. The Labute approximate surface area is 111 Å². The molecule has 0 aliphatic heterocycles. The number of hydrogen-bond acceptors (Lipinski definition) is 4. The molecule has 1 aliphatic rings. The average molecular weight is 256 g/mol. The van der Waals surface area contributed by atoms with Crippen LogP contribution in [-0.2, 0) is 0 Å². The maximum atomic E-state index is 12.2. The van der Waals surface area contributed by atoms with Crippen LogP contribution in [0.1, 0.15) is 32.2 Å². The molecule has 0 saturated carbocycles. The molecule has 2 aromatic rings. The van der Waals surface area contributed by atoms with E-state index in [1.807, 2.05) is 30.3 Å². The number of Topliss-reactive ketones (excluding diaryl/α,β-unsaturated/α-hetero) is 2. The van der Waals surface area contributed by atoms with E-state index in [0.29, 0.717) is 11.1 Å². The third-order valence-corrected chi connectivity index (χ3v) is 3.12. The zero-order valence-electron chi connectivity index (χ0n) is 10.5. The van der Waals surface area contributed by atoms with E-state index in [1.165, 1.54) is 0 Å². The number of ketones is 2. The predicted molar refractivity (Wildman–Crippen MR) is 74.3 cm³/mol. The van der Waals surface area contributed by atoms with E-state index in [9.17, 15) is 9.59 Å². The molecule has 0 fully saturated rings. The molecule has 4 heteroatoms. The van der Waals surface area contributed by atoms with Crippen molar-refractivity contribution in [2.45, 2.75) is 5.92 Å². The summed E-state index contributed by atoms with van der Waals surface area (Å²) in [6.45, 7) is 0. The molecule has 6 N–H and O–H groups in total. The highest BCUT2D eigenvalue weighted by Gasteiger charge is 2.38. The van der Waals surface area contributed by atoms with E-state index in [1.54, 1.807) is 24.3 Å². The maximum Gasteiger partial charge on any atom is 0.178 e. The van der Waals surface area contributed by atoms with Crippen molar-refractivity contribution >= 4 is 11.6 Å². The predicted octanol–water partition coefficient (Wildman–Crippen LogP) is 3.17. The second-order valence-electron chi connectivity index (χ2n) is 4.12. The maximum absolute atomic E-state index is 12.2. The minimum atomic E-state index is -0.645. The lowest BCUT2D eigenvalue weighted by Crippen LogP contribution is -2.12. The quantitative estimate of drug-likeness (QED) is 0.764. The summed E-state index contributed by atoms with van der Waals surface area (Å²) in [6, 6.07) is 16.2. The second-order valence-corrected chi connectivity index (χ2v) is 4.12. The largest absolute Gasteiger partial charge is 0.344 e. The van der Waals surface area contributed by atoms with Gasteiger partial charge < -0.3 is 12.3 Å². The molecule has 0 heterocycles. The van der Waals surface area contributed by atoms with Gasteiger partial charge >= 0.3 is 0 Å². The highest BCUT2D eigenvalue weighted by Crippen LogP contribution is 2.33. The summed E-state index contributed by atoms with van der Waals surface area (Å²) in [5, 5.41) is 0. The fourth-order valence-electron chi connectivity index (χ4n) is 2.29. The van der Waals surface area contributed by atoms with Gasteiger partial charge in [0.1, 0.15) is 5.92 Å². The van der Waals surface area contributed by atoms with Crippen LogP contribution < -0.4 is 12.3 Å². The minimum Gasteiger partial charge on any atom is -0.344 e. The van der Waals surface area contributed by atoms with Crippen molar-refractivity contribution in [3.8, 4) is 0 Å². The monoisotopic (exact) mass is 256 g/mol. The second kappa shape index (κ2) is 5.56. The molecule has 0 saturated heterocycles. The molecule has 1 aliphatic carbocycles. The van der Waals surface area contributed by atoms with Gasteiger partial charge in [-0.1, -0.05) is 54.6 Å². The number of benzene rings is 2. The fraction of sp³-hybridized carbons (Fsp3) is 0.0667. The highest BCUT2D eigenvalue weighted by molar-refractivity contribution is 6.29. The van der Waals surface area contributed by atoms with Crippen molar-refractivity contribution < 1.29 is 9.59 Å². The summed E-state index contributed by atoms with van der Waals surface area (Å²) in [4.78, 5) is 24.4. The molecule has 0 bridgehead atoms. The van der Waals surface area contributed by atoms with Crippen LogP contribution in [0.4, 0.5) is 0 Å². The number of carbonyl (C=O) groups excluding carboxylic acids is 2. The van der Waals surface area contributed by atoms with Gasteiger partial charge in [0.2, 0.25) is 0 Å². The Balaban J connectivity index is 0.000000902. The van der Waals surface area contributed by atoms with Crippen molar-refractivity contribution in [2.24, 2.45) is 0 Å². The first-order chi connectivity index (χ1) is 8.29. The lowest BCUT2D eigenvalue weighted by atomic mass is 9.94. The summed E-state index contributed by atoms with van der Waals surface area (Å²) in [5.41, 5.74) is 1.87. The van der Waals surface area contributed by atoms with Crippen LogP contribution >= 0.6 is 0 Å². The molecule has 19 heavy (non-hydrogen) atoms. The van der Waals surface area contributed by atoms with Gasteiger partial charge in [-0.05, 0) is 5.56 Å². The Morgan fingerprint density at radius 3 is 1.53 bits per heavy atom. The first kappa shape index (κ1) is 14.8. The van der Waals surface area contributed by atoms with E-state index in [2.05, 4.69) is 0 Å². The summed E-state index contributed by atoms with van der Waals surface area (Å²) in [5.74, 6) is -0.817. The van der Waals surface area contributed by atoms with Crippen LogP contribution in [0.3, 0.4) is 0 Å². The zero-order chi connectivity index (χ0) is 11.8. The van der Waals surface area contributed by atoms with Crippen LogP contribution in [-0.4, -0.2) is 11.6 Å². The van der Waals surface area contributed by atoms with Gasteiger partial charge in [-0.3, -0.25) is 9.59 Å². The van der Waals surface area contributed by atoms with Crippen LogP contribution in [0.5, 0.6) is 0 Å². The van der Waals surface area contributed by atoms with E-state index in [-0.39, 0.29) is 23.9 Å². The molecule has 0 radical (unpaired) electrons. The zero-order valence-corrected chi connectivity index (χ0v) is 10.5. The SMILES string of the molecule is N.N.O=C1c2ccccc2C(=O)C1c1ccccc1. The van der Waals surface area contributed by atoms with Crippen molar-refractivity contribution in [2.75, 3.05) is 0 Å². The molecular formula is C15H16N2O2. The summed E-state index contributed by atoms with van der Waals surface area (Å²) in [6.07, 6.45) is 0. The van der Waals surface area contributed by atoms with E-state index in [4.69, 9.17) is 0 Å². The molecule has 0 aromatic heterocycles. The number of rotatable bonds is 1. The molecule has 3 rings (SSSR count). The summed E-state index contributed by atoms with van der Waals surface area (Å²) < 4.78 is 0. The van der Waals surface area contributed by atoms with E-state index in [0.717, 1.165) is 5.56 Å². The standard InChI is InChI=1S/C15H10O2.2H3N/c16-14-11-8-4-5-9-12(11)15(17)13(14)10-6-2-1-3-7-10;;/h1-9,13H;2*1H3. The molecule has 0 spiro atoms. The molecule has 2 aromatic carbocycles. The van der Waals surface area contributed by atoms with Crippen molar-refractivity contribution in [1.29, 1.82) is 0 Å². The van der Waals surface area contributed by atoms with Crippen molar-refractivity contribution in [1.82, 2.24) is 12.3 Å². The van der Waals surface area contributed by atoms with Gasteiger partial charge in [-0.15, -0.1) is 0 Å². The number of fused-ring (bicyclic) bond motifs is 1. The fourth-order valence-corrected chi connectivity index (χ4v) is 2.29. The number of hydrogen-bond donors (Lipinski definition) is 2. The topological polar surface area (TPSA) is 104 Å². The minimum absolute atomic E-state index is 0. The van der Waals surface area contributed by atoms with Crippen LogP contribution in [0, 0.1) is 0 Å². The molecule has 0 atom stereocenters.